The first-order valence-electron chi connectivity index (χ1n) is 9.01. The summed E-state index contributed by atoms with van der Waals surface area (Å²) in [5.74, 6) is 1.38. The van der Waals surface area contributed by atoms with Crippen molar-refractivity contribution in [2.75, 3.05) is 17.6 Å². The van der Waals surface area contributed by atoms with Gasteiger partial charge in [0.15, 0.2) is 0 Å². The second kappa shape index (κ2) is 8.41. The van der Waals surface area contributed by atoms with E-state index in [9.17, 15) is 8.42 Å². The Morgan fingerprint density at radius 3 is 2.62 bits per heavy atom. The zero-order valence-electron chi connectivity index (χ0n) is 14.9. The Labute approximate surface area is 160 Å². The third-order valence-electron chi connectivity index (χ3n) is 4.86. The number of halogens is 1. The Morgan fingerprint density at radius 1 is 1.19 bits per heavy atom. The standard InChI is InChI=1S/C18H25ClN4O2S/c1-2-26(24,25)20-13-14-7-9-15(10-8-14)21-18-11-12-23(22-18)17-6-4-3-5-16(17)19/h3-6,11-12,14-15,20H,2,7-10,13H2,1H3,(H,21,22). The molecule has 1 fully saturated rings. The number of hydrogen-bond acceptors (Lipinski definition) is 4. The molecule has 0 atom stereocenters. The van der Waals surface area contributed by atoms with Crippen LogP contribution in [0.4, 0.5) is 5.82 Å². The maximum Gasteiger partial charge on any atom is 0.211 e. The Kier molecular flexibility index (Phi) is 6.21. The molecule has 8 heteroatoms. The summed E-state index contributed by atoms with van der Waals surface area (Å²) < 4.78 is 27.6. The molecule has 0 radical (unpaired) electrons. The molecule has 26 heavy (non-hydrogen) atoms. The fourth-order valence-electron chi connectivity index (χ4n) is 3.24. The normalized spacial score (nSPS) is 20.8. The molecule has 0 bridgehead atoms. The molecule has 0 spiro atoms. The van der Waals surface area contributed by atoms with E-state index in [4.69, 9.17) is 11.6 Å². The number of hydrogen-bond donors (Lipinski definition) is 2. The fraction of sp³-hybridized carbons (Fsp3) is 0.500. The Morgan fingerprint density at radius 2 is 1.92 bits per heavy atom. The summed E-state index contributed by atoms with van der Waals surface area (Å²) in [5.41, 5.74) is 0.856. The average molecular weight is 397 g/mol. The van der Waals surface area contributed by atoms with Crippen molar-refractivity contribution >= 4 is 27.4 Å². The predicted octanol–water partition coefficient (Wildman–Crippen LogP) is 3.44. The van der Waals surface area contributed by atoms with Crippen LogP contribution in [-0.2, 0) is 10.0 Å². The van der Waals surface area contributed by atoms with Crippen LogP contribution >= 0.6 is 11.6 Å². The van der Waals surface area contributed by atoms with Gasteiger partial charge in [-0.05, 0) is 50.7 Å². The first-order valence-corrected chi connectivity index (χ1v) is 11.0. The van der Waals surface area contributed by atoms with Gasteiger partial charge in [0.1, 0.15) is 5.82 Å². The molecule has 1 heterocycles. The maximum absolute atomic E-state index is 11.5. The van der Waals surface area contributed by atoms with Crippen LogP contribution < -0.4 is 10.0 Å². The van der Waals surface area contributed by atoms with E-state index in [2.05, 4.69) is 15.1 Å². The minimum absolute atomic E-state index is 0.137. The predicted molar refractivity (Wildman–Crippen MR) is 105 cm³/mol. The topological polar surface area (TPSA) is 76.0 Å². The van der Waals surface area contributed by atoms with E-state index < -0.39 is 10.0 Å². The van der Waals surface area contributed by atoms with E-state index >= 15 is 0 Å². The van der Waals surface area contributed by atoms with Gasteiger partial charge in [0.2, 0.25) is 10.0 Å². The number of aromatic nitrogens is 2. The van der Waals surface area contributed by atoms with Gasteiger partial charge in [-0.25, -0.2) is 17.8 Å². The van der Waals surface area contributed by atoms with E-state index in [1.807, 2.05) is 36.5 Å². The molecule has 1 saturated carbocycles. The van der Waals surface area contributed by atoms with Crippen molar-refractivity contribution < 1.29 is 8.42 Å². The summed E-state index contributed by atoms with van der Waals surface area (Å²) in [7, 11) is -3.10. The monoisotopic (exact) mass is 396 g/mol. The lowest BCUT2D eigenvalue weighted by atomic mass is 9.86. The van der Waals surface area contributed by atoms with Crippen LogP contribution in [0.3, 0.4) is 0 Å². The highest BCUT2D eigenvalue weighted by molar-refractivity contribution is 7.89. The number of nitrogens with one attached hydrogen (secondary N) is 2. The molecule has 1 aliphatic rings. The van der Waals surface area contributed by atoms with Gasteiger partial charge >= 0.3 is 0 Å². The van der Waals surface area contributed by atoms with Crippen molar-refractivity contribution in [3.63, 3.8) is 0 Å². The van der Waals surface area contributed by atoms with Crippen molar-refractivity contribution in [1.29, 1.82) is 0 Å². The SMILES string of the molecule is CCS(=O)(=O)NCC1CCC(Nc2ccn(-c3ccccc3Cl)n2)CC1. The van der Waals surface area contributed by atoms with Crippen molar-refractivity contribution in [3.8, 4) is 5.69 Å². The first kappa shape index (κ1) is 19.2. The molecule has 1 aromatic heterocycles. The van der Waals surface area contributed by atoms with Gasteiger partial charge in [-0.2, -0.15) is 5.10 Å². The molecule has 3 rings (SSSR count). The lowest BCUT2D eigenvalue weighted by molar-refractivity contribution is 0.337. The van der Waals surface area contributed by atoms with Gasteiger partial charge in [-0.15, -0.1) is 0 Å². The maximum atomic E-state index is 11.5. The molecule has 0 amide bonds. The van der Waals surface area contributed by atoms with Crippen molar-refractivity contribution in [2.45, 2.75) is 38.6 Å². The quantitative estimate of drug-likeness (QED) is 0.751. The molecule has 1 aromatic carbocycles. The summed E-state index contributed by atoms with van der Waals surface area (Å²) in [6.45, 7) is 2.20. The Bertz CT molecular complexity index is 829. The lowest BCUT2D eigenvalue weighted by Gasteiger charge is -2.29. The molecular formula is C18H25ClN4O2S. The molecule has 0 saturated heterocycles. The van der Waals surface area contributed by atoms with E-state index in [-0.39, 0.29) is 5.75 Å². The van der Waals surface area contributed by atoms with Crippen LogP contribution in [0.15, 0.2) is 36.5 Å². The van der Waals surface area contributed by atoms with Crippen LogP contribution in [0.25, 0.3) is 5.69 Å². The van der Waals surface area contributed by atoms with E-state index in [0.29, 0.717) is 23.5 Å². The average Bonchev–Trinajstić information content (AvgIpc) is 3.10. The second-order valence-corrected chi connectivity index (χ2v) is 9.21. The molecule has 1 aliphatic carbocycles. The van der Waals surface area contributed by atoms with Gasteiger partial charge < -0.3 is 5.32 Å². The van der Waals surface area contributed by atoms with Crippen LogP contribution in [0.1, 0.15) is 32.6 Å². The fourth-order valence-corrected chi connectivity index (χ4v) is 4.16. The summed E-state index contributed by atoms with van der Waals surface area (Å²) in [6.07, 6.45) is 5.94. The molecule has 0 unspecified atom stereocenters. The first-order chi connectivity index (χ1) is 12.5. The van der Waals surface area contributed by atoms with Gasteiger partial charge in [0, 0.05) is 24.8 Å². The van der Waals surface area contributed by atoms with Crippen molar-refractivity contribution in [3.05, 3.63) is 41.6 Å². The number of rotatable bonds is 7. The minimum Gasteiger partial charge on any atom is -0.366 e. The zero-order valence-corrected chi connectivity index (χ0v) is 16.4. The second-order valence-electron chi connectivity index (χ2n) is 6.71. The molecule has 142 valence electrons. The third-order valence-corrected chi connectivity index (χ3v) is 6.55. The molecule has 0 aliphatic heterocycles. The number of nitrogens with zero attached hydrogens (tertiary/aromatic N) is 2. The summed E-state index contributed by atoms with van der Waals surface area (Å²) in [4.78, 5) is 0. The largest absolute Gasteiger partial charge is 0.366 e. The number of sulfonamides is 1. The summed E-state index contributed by atoms with van der Waals surface area (Å²) in [5, 5.41) is 8.71. The van der Waals surface area contributed by atoms with Crippen molar-refractivity contribution in [1.82, 2.24) is 14.5 Å². The number of benzene rings is 1. The van der Waals surface area contributed by atoms with E-state index in [0.717, 1.165) is 37.2 Å². The van der Waals surface area contributed by atoms with E-state index in [1.165, 1.54) is 0 Å². The highest BCUT2D eigenvalue weighted by atomic mass is 35.5. The smallest absolute Gasteiger partial charge is 0.211 e. The van der Waals surface area contributed by atoms with Crippen molar-refractivity contribution in [2.24, 2.45) is 5.92 Å². The highest BCUT2D eigenvalue weighted by Crippen LogP contribution is 2.26. The molecule has 2 N–H and O–H groups in total. The lowest BCUT2D eigenvalue weighted by Crippen LogP contribution is -2.34. The van der Waals surface area contributed by atoms with Gasteiger partial charge in [0.25, 0.3) is 0 Å². The van der Waals surface area contributed by atoms with Crippen LogP contribution in [0.2, 0.25) is 5.02 Å². The van der Waals surface area contributed by atoms with Crippen LogP contribution in [0.5, 0.6) is 0 Å². The van der Waals surface area contributed by atoms with Crippen LogP contribution in [0, 0.1) is 5.92 Å². The van der Waals surface area contributed by atoms with Gasteiger partial charge in [-0.1, -0.05) is 23.7 Å². The highest BCUT2D eigenvalue weighted by Gasteiger charge is 2.22. The number of para-hydroxylation sites is 1. The minimum atomic E-state index is -3.10. The van der Waals surface area contributed by atoms with Crippen LogP contribution in [-0.4, -0.2) is 36.5 Å². The van der Waals surface area contributed by atoms with E-state index in [1.54, 1.807) is 11.6 Å². The number of anilines is 1. The zero-order chi connectivity index (χ0) is 18.6. The molecular weight excluding hydrogens is 372 g/mol. The molecule has 6 nitrogen and oxygen atoms in total. The summed E-state index contributed by atoms with van der Waals surface area (Å²) >= 11 is 6.22. The molecule has 2 aromatic rings. The third kappa shape index (κ3) is 4.99. The Hall–Kier alpha value is -1.57. The summed E-state index contributed by atoms with van der Waals surface area (Å²) in [6, 6.07) is 9.92. The van der Waals surface area contributed by atoms with Gasteiger partial charge in [-0.3, -0.25) is 0 Å². The Balaban J connectivity index is 1.50. The van der Waals surface area contributed by atoms with Gasteiger partial charge in [0.05, 0.1) is 16.5 Å².